The summed E-state index contributed by atoms with van der Waals surface area (Å²) in [5.74, 6) is -1.26. The van der Waals surface area contributed by atoms with E-state index in [2.05, 4.69) is 57.3 Å². The van der Waals surface area contributed by atoms with Gasteiger partial charge in [-0.15, -0.1) is 0 Å². The zero-order chi connectivity index (χ0) is 25.3. The number of rotatable bonds is 3. The van der Waals surface area contributed by atoms with Gasteiger partial charge in [0.1, 0.15) is 0 Å². The smallest absolute Gasteiger partial charge is 0.545 e. The van der Waals surface area contributed by atoms with Gasteiger partial charge in [-0.1, -0.05) is 96.8 Å². The predicted octanol–water partition coefficient (Wildman–Crippen LogP) is 5.45. The monoisotopic (exact) mass is 521 g/mol. The van der Waals surface area contributed by atoms with E-state index >= 15 is 0 Å². The number of carbonyl (C=O) groups excluding carboxylic acids is 1. The summed E-state index contributed by atoms with van der Waals surface area (Å²) in [6.45, 7) is 10.9. The molecule has 0 saturated carbocycles. The summed E-state index contributed by atoms with van der Waals surface area (Å²) in [6.07, 6.45) is 14.1. The van der Waals surface area contributed by atoms with E-state index in [0.717, 1.165) is 18.4 Å². The maximum atomic E-state index is 11.0. The average Bonchev–Trinajstić information content (AvgIpc) is 2.80. The van der Waals surface area contributed by atoms with Crippen LogP contribution >= 0.6 is 23.2 Å². The maximum absolute atomic E-state index is 11.0. The molecule has 0 atom stereocenters. The summed E-state index contributed by atoms with van der Waals surface area (Å²) in [7, 11) is 0. The first kappa shape index (κ1) is 31.5. The van der Waals surface area contributed by atoms with Crippen LogP contribution in [-0.2, 0) is 0 Å². The van der Waals surface area contributed by atoms with Crippen molar-refractivity contribution >= 4 is 40.5 Å². The molecular formula is C29H34Cl2NNaO2. The number of aryl methyl sites for hydroxylation is 1. The zero-order valence-electron chi connectivity index (χ0n) is 21.7. The molecular weight excluding hydrogens is 488 g/mol. The Morgan fingerprint density at radius 3 is 2.37 bits per heavy atom. The second kappa shape index (κ2) is 14.9. The summed E-state index contributed by atoms with van der Waals surface area (Å²) in [4.78, 5) is 11.0. The van der Waals surface area contributed by atoms with Gasteiger partial charge in [-0.05, 0) is 69.6 Å². The Morgan fingerprint density at radius 2 is 1.69 bits per heavy atom. The molecule has 0 bridgehead atoms. The van der Waals surface area contributed by atoms with Gasteiger partial charge in [0.15, 0.2) is 0 Å². The Hall–Kier alpha value is -1.49. The van der Waals surface area contributed by atoms with Crippen LogP contribution in [0.1, 0.15) is 69.3 Å². The van der Waals surface area contributed by atoms with Gasteiger partial charge < -0.3 is 15.2 Å². The molecule has 0 spiro atoms. The molecule has 2 aromatic carbocycles. The van der Waals surface area contributed by atoms with Crippen LogP contribution in [0, 0.1) is 12.3 Å². The summed E-state index contributed by atoms with van der Waals surface area (Å²) >= 11 is 12.2. The largest absolute Gasteiger partial charge is 1.00 e. The van der Waals surface area contributed by atoms with Gasteiger partial charge in [-0.3, -0.25) is 0 Å². The second-order valence-corrected chi connectivity index (χ2v) is 10.2. The Labute approximate surface area is 242 Å². The van der Waals surface area contributed by atoms with E-state index in [4.69, 9.17) is 23.2 Å². The Balaban J connectivity index is 0.000000350. The maximum Gasteiger partial charge on any atom is 1.00 e. The molecule has 0 unspecified atom stereocenters. The minimum absolute atomic E-state index is 0. The fourth-order valence-corrected chi connectivity index (χ4v) is 3.94. The van der Waals surface area contributed by atoms with Gasteiger partial charge >= 0.3 is 29.6 Å². The number of allylic oxidation sites excluding steroid dienone is 6. The minimum atomic E-state index is -1.26. The van der Waals surface area contributed by atoms with Gasteiger partial charge in [0.25, 0.3) is 0 Å². The molecule has 0 amide bonds. The Bertz CT molecular complexity index is 1100. The number of halogens is 2. The summed E-state index contributed by atoms with van der Waals surface area (Å²) < 4.78 is 0. The molecule has 0 aromatic heterocycles. The molecule has 1 aliphatic carbocycles. The first-order chi connectivity index (χ1) is 16.0. The minimum Gasteiger partial charge on any atom is -0.545 e. The van der Waals surface area contributed by atoms with E-state index < -0.39 is 5.97 Å². The number of carboxylic acid groups (broad SMARTS) is 1. The standard InChI is InChI=1S/C15H24.C14H11Cl2NO2.Na/c1-13-7-5-8-14(2)10-12-15(3,4)11-6-9-13;1-8-6-7-10(15)13(12(8)16)17-11-5-3-2-4-9(11)14(18)19;/h6-7,10-11H,5,8-9,12H2,1-4H3;2-7,17H,1H3,(H,18,19);/q;;+1/p-1. The molecule has 2 aromatic rings. The Morgan fingerprint density at radius 1 is 1.00 bits per heavy atom. The van der Waals surface area contributed by atoms with Crippen molar-refractivity contribution in [1.82, 2.24) is 0 Å². The number of hydrogen-bond donors (Lipinski definition) is 1. The third-order valence-corrected chi connectivity index (χ3v) is 6.51. The third-order valence-electron chi connectivity index (χ3n) is 5.71. The number of anilines is 2. The van der Waals surface area contributed by atoms with E-state index in [1.807, 2.05) is 6.92 Å². The van der Waals surface area contributed by atoms with Crippen LogP contribution in [0.25, 0.3) is 0 Å². The van der Waals surface area contributed by atoms with Crippen LogP contribution < -0.4 is 40.0 Å². The van der Waals surface area contributed by atoms with Gasteiger partial charge in [-0.2, -0.15) is 0 Å². The second-order valence-electron chi connectivity index (χ2n) is 9.45. The van der Waals surface area contributed by atoms with Gasteiger partial charge in [0.2, 0.25) is 0 Å². The molecule has 6 heteroatoms. The summed E-state index contributed by atoms with van der Waals surface area (Å²) in [5, 5.41) is 14.9. The third kappa shape index (κ3) is 10.6. The topological polar surface area (TPSA) is 52.2 Å². The van der Waals surface area contributed by atoms with Crippen LogP contribution in [0.3, 0.4) is 0 Å². The molecule has 3 rings (SSSR count). The number of nitrogens with one attached hydrogen (secondary N) is 1. The summed E-state index contributed by atoms with van der Waals surface area (Å²) in [6, 6.07) is 9.91. The number of benzene rings is 2. The van der Waals surface area contributed by atoms with Gasteiger partial charge in [-0.25, -0.2) is 0 Å². The molecule has 1 aliphatic rings. The molecule has 1 N–H and O–H groups in total. The number of aromatic carboxylic acids is 1. The van der Waals surface area contributed by atoms with Crippen molar-refractivity contribution < 1.29 is 39.5 Å². The molecule has 0 aliphatic heterocycles. The van der Waals surface area contributed by atoms with Crippen molar-refractivity contribution in [1.29, 1.82) is 0 Å². The van der Waals surface area contributed by atoms with Crippen molar-refractivity contribution in [2.45, 2.75) is 60.3 Å². The van der Waals surface area contributed by atoms with Crippen molar-refractivity contribution in [3.63, 3.8) is 0 Å². The zero-order valence-corrected chi connectivity index (χ0v) is 25.2. The molecule has 0 saturated heterocycles. The van der Waals surface area contributed by atoms with Crippen molar-refractivity contribution in [3.8, 4) is 0 Å². The fourth-order valence-electron chi connectivity index (χ4n) is 3.48. The van der Waals surface area contributed by atoms with Crippen molar-refractivity contribution in [3.05, 3.63) is 93.0 Å². The van der Waals surface area contributed by atoms with Crippen molar-refractivity contribution in [2.24, 2.45) is 5.41 Å². The predicted molar refractivity (Wildman–Crippen MR) is 144 cm³/mol. The van der Waals surface area contributed by atoms with E-state index in [9.17, 15) is 9.90 Å². The Kier molecular flexibility index (Phi) is 13.4. The number of para-hydroxylation sites is 1. The number of carboxylic acids is 1. The average molecular weight is 522 g/mol. The van der Waals surface area contributed by atoms with E-state index in [0.29, 0.717) is 26.8 Å². The number of hydrogen-bond acceptors (Lipinski definition) is 3. The van der Waals surface area contributed by atoms with Crippen LogP contribution in [0.15, 0.2) is 71.8 Å². The normalized spacial score (nSPS) is 15.3. The first-order valence-electron chi connectivity index (χ1n) is 11.5. The van der Waals surface area contributed by atoms with E-state index in [1.165, 1.54) is 30.1 Å². The number of carbonyl (C=O) groups is 1. The molecule has 0 radical (unpaired) electrons. The molecule has 0 fully saturated rings. The fraction of sp³-hybridized carbons (Fsp3) is 0.345. The van der Waals surface area contributed by atoms with E-state index in [1.54, 1.807) is 30.3 Å². The molecule has 182 valence electrons. The van der Waals surface area contributed by atoms with Crippen LogP contribution in [0.4, 0.5) is 11.4 Å². The van der Waals surface area contributed by atoms with Gasteiger partial charge in [0, 0.05) is 11.3 Å². The van der Waals surface area contributed by atoms with Gasteiger partial charge in [0.05, 0.1) is 21.7 Å². The SMILES string of the molecule is CC1=CCCC(C)=CCC(C)(C)C=CC1.Cc1ccc(Cl)c(Nc2ccccc2C(=O)[O-])c1Cl.[Na+]. The molecule has 0 heterocycles. The molecule has 35 heavy (non-hydrogen) atoms. The molecule has 3 nitrogen and oxygen atoms in total. The van der Waals surface area contributed by atoms with Crippen LogP contribution in [0.2, 0.25) is 10.0 Å². The summed E-state index contributed by atoms with van der Waals surface area (Å²) in [5.41, 5.74) is 5.11. The first-order valence-corrected chi connectivity index (χ1v) is 12.3. The van der Waals surface area contributed by atoms with Crippen molar-refractivity contribution in [2.75, 3.05) is 5.32 Å². The van der Waals surface area contributed by atoms with Crippen LogP contribution in [-0.4, -0.2) is 5.97 Å². The van der Waals surface area contributed by atoms with E-state index in [-0.39, 0.29) is 35.1 Å². The quantitative estimate of drug-likeness (QED) is 0.431. The van der Waals surface area contributed by atoms with Crippen LogP contribution in [0.5, 0.6) is 0 Å².